The highest BCUT2D eigenvalue weighted by molar-refractivity contribution is 6.30. The van der Waals surface area contributed by atoms with Crippen LogP contribution in [-0.4, -0.2) is 26.1 Å². The van der Waals surface area contributed by atoms with Gasteiger partial charge in [0, 0.05) is 28.9 Å². The van der Waals surface area contributed by atoms with Crippen molar-refractivity contribution in [3.8, 4) is 6.07 Å². The van der Waals surface area contributed by atoms with Gasteiger partial charge in [-0.25, -0.2) is 18.7 Å². The quantitative estimate of drug-likeness (QED) is 0.431. The lowest BCUT2D eigenvalue weighted by atomic mass is 10.1. The first-order valence-corrected chi connectivity index (χ1v) is 10.5. The van der Waals surface area contributed by atoms with Gasteiger partial charge in [0.2, 0.25) is 0 Å². The Bertz CT molecular complexity index is 1520. The summed E-state index contributed by atoms with van der Waals surface area (Å²) in [7, 11) is 0. The SMILES string of the molecule is C=CNc1cc(Cl)ccc1/C=c1\c(C)nc2c(C#N)c(C(F)F)nn2c1=NCCc1cnco1. The van der Waals surface area contributed by atoms with Crippen molar-refractivity contribution in [1.29, 1.82) is 5.26 Å². The summed E-state index contributed by atoms with van der Waals surface area (Å²) in [5, 5.41) is 17.6. The minimum atomic E-state index is -2.94. The number of oxazole rings is 1. The number of nitrogens with zero attached hydrogens (tertiary/aromatic N) is 6. The van der Waals surface area contributed by atoms with Crippen molar-refractivity contribution in [2.45, 2.75) is 19.8 Å². The number of benzene rings is 1. The minimum absolute atomic E-state index is 0.0198. The second kappa shape index (κ2) is 9.80. The zero-order valence-electron chi connectivity index (χ0n) is 18.0. The summed E-state index contributed by atoms with van der Waals surface area (Å²) < 4.78 is 33.6. The molecule has 4 aromatic rings. The number of fused-ring (bicyclic) bond motifs is 1. The molecule has 0 aliphatic heterocycles. The highest BCUT2D eigenvalue weighted by Gasteiger charge is 2.23. The highest BCUT2D eigenvalue weighted by Crippen LogP contribution is 2.23. The molecular weight excluding hydrogens is 464 g/mol. The average Bonchev–Trinajstić information content (AvgIpc) is 3.45. The number of hydrogen-bond acceptors (Lipinski definition) is 7. The Morgan fingerprint density at radius 1 is 1.41 bits per heavy atom. The van der Waals surface area contributed by atoms with Gasteiger partial charge >= 0.3 is 0 Å². The van der Waals surface area contributed by atoms with Crippen LogP contribution in [0.15, 0.2) is 53.0 Å². The van der Waals surface area contributed by atoms with Crippen LogP contribution in [0.2, 0.25) is 5.02 Å². The molecule has 0 aliphatic rings. The van der Waals surface area contributed by atoms with E-state index in [9.17, 15) is 14.0 Å². The number of hydrogen-bond donors (Lipinski definition) is 1. The van der Waals surface area contributed by atoms with E-state index in [0.717, 1.165) is 5.56 Å². The second-order valence-electron chi connectivity index (χ2n) is 7.17. The van der Waals surface area contributed by atoms with Crippen LogP contribution >= 0.6 is 11.6 Å². The molecule has 11 heteroatoms. The van der Waals surface area contributed by atoms with Gasteiger partial charge in [0.25, 0.3) is 6.43 Å². The molecule has 1 N–H and O–H groups in total. The maximum absolute atomic E-state index is 13.6. The maximum atomic E-state index is 13.6. The lowest BCUT2D eigenvalue weighted by Gasteiger charge is -2.07. The number of alkyl halides is 2. The van der Waals surface area contributed by atoms with Crippen LogP contribution < -0.4 is 16.0 Å². The van der Waals surface area contributed by atoms with E-state index in [4.69, 9.17) is 16.0 Å². The van der Waals surface area contributed by atoms with E-state index in [0.29, 0.717) is 33.8 Å². The van der Waals surface area contributed by atoms with E-state index in [-0.39, 0.29) is 23.2 Å². The van der Waals surface area contributed by atoms with E-state index in [2.05, 4.69) is 32.0 Å². The van der Waals surface area contributed by atoms with Crippen LogP contribution in [0.25, 0.3) is 11.7 Å². The number of rotatable bonds is 7. The fourth-order valence-electron chi connectivity index (χ4n) is 3.44. The van der Waals surface area contributed by atoms with Gasteiger partial charge in [-0.15, -0.1) is 0 Å². The normalized spacial score (nSPS) is 12.5. The van der Waals surface area contributed by atoms with Crippen LogP contribution in [0.3, 0.4) is 0 Å². The van der Waals surface area contributed by atoms with Crippen molar-refractivity contribution in [3.05, 3.63) is 87.6 Å². The summed E-state index contributed by atoms with van der Waals surface area (Å²) in [4.78, 5) is 12.9. The molecule has 0 amide bonds. The van der Waals surface area contributed by atoms with Gasteiger partial charge in [-0.3, -0.25) is 4.99 Å². The van der Waals surface area contributed by atoms with E-state index < -0.39 is 12.1 Å². The van der Waals surface area contributed by atoms with Crippen molar-refractivity contribution in [1.82, 2.24) is 19.6 Å². The molecule has 3 heterocycles. The maximum Gasteiger partial charge on any atom is 0.283 e. The Labute approximate surface area is 197 Å². The summed E-state index contributed by atoms with van der Waals surface area (Å²) in [6.07, 6.45) is 3.70. The van der Waals surface area contributed by atoms with Crippen molar-refractivity contribution < 1.29 is 13.2 Å². The predicted molar refractivity (Wildman–Crippen MR) is 122 cm³/mol. The number of halogens is 3. The van der Waals surface area contributed by atoms with Crippen molar-refractivity contribution >= 4 is 29.0 Å². The zero-order chi connectivity index (χ0) is 24.2. The van der Waals surface area contributed by atoms with Gasteiger partial charge < -0.3 is 9.73 Å². The summed E-state index contributed by atoms with van der Waals surface area (Å²) in [5.74, 6) is 0.623. The molecule has 8 nitrogen and oxygen atoms in total. The Hall–Kier alpha value is -4.10. The van der Waals surface area contributed by atoms with E-state index in [1.165, 1.54) is 17.1 Å². The molecule has 0 bridgehead atoms. The third-order valence-corrected chi connectivity index (χ3v) is 5.22. The summed E-state index contributed by atoms with van der Waals surface area (Å²) in [6, 6.07) is 7.05. The van der Waals surface area contributed by atoms with Gasteiger partial charge in [0.05, 0.1) is 11.9 Å². The van der Waals surface area contributed by atoms with Gasteiger partial charge in [0.15, 0.2) is 17.5 Å². The monoisotopic (exact) mass is 481 g/mol. The molecule has 0 saturated carbocycles. The largest absolute Gasteiger partial charge is 0.448 e. The zero-order valence-corrected chi connectivity index (χ0v) is 18.7. The van der Waals surface area contributed by atoms with Crippen LogP contribution in [0.1, 0.15) is 34.7 Å². The Kier molecular flexibility index (Phi) is 6.65. The third-order valence-electron chi connectivity index (χ3n) is 4.99. The number of aromatic nitrogens is 4. The van der Waals surface area contributed by atoms with Crippen molar-refractivity contribution in [3.63, 3.8) is 0 Å². The lowest BCUT2D eigenvalue weighted by molar-refractivity contribution is 0.145. The molecule has 0 aliphatic carbocycles. The molecule has 0 spiro atoms. The first kappa shape index (κ1) is 23.1. The second-order valence-corrected chi connectivity index (χ2v) is 7.60. The minimum Gasteiger partial charge on any atom is -0.448 e. The Balaban J connectivity index is 2.01. The molecule has 0 atom stereocenters. The number of aryl methyl sites for hydroxylation is 1. The molecule has 0 radical (unpaired) electrons. The fourth-order valence-corrected chi connectivity index (χ4v) is 3.61. The van der Waals surface area contributed by atoms with Crippen molar-refractivity contribution in [2.24, 2.45) is 4.99 Å². The molecule has 3 aromatic heterocycles. The fraction of sp³-hybridized carbons (Fsp3) is 0.174. The third kappa shape index (κ3) is 4.51. The number of nitrogens with one attached hydrogen (secondary N) is 1. The standard InChI is InChI=1S/C23H18ClF2N7O/c1-3-29-19-9-15(24)5-4-14(19)8-17-13(2)31-23-18(10-27)20(21(25)26)32-33(23)22(17)30-7-6-16-11-28-12-34-16/h3-5,8-9,11-12,21,29H,1,6-7H2,2H3/b17-8+,30-22?. The number of anilines is 1. The summed E-state index contributed by atoms with van der Waals surface area (Å²) in [6.45, 7) is 5.66. The van der Waals surface area contributed by atoms with Gasteiger partial charge in [-0.2, -0.15) is 14.9 Å². The summed E-state index contributed by atoms with van der Waals surface area (Å²) >= 11 is 6.13. The lowest BCUT2D eigenvalue weighted by Crippen LogP contribution is -2.37. The van der Waals surface area contributed by atoms with Gasteiger partial charge in [-0.1, -0.05) is 24.2 Å². The molecule has 34 heavy (non-hydrogen) atoms. The van der Waals surface area contributed by atoms with E-state index in [1.807, 2.05) is 0 Å². The van der Waals surface area contributed by atoms with Crippen LogP contribution in [0.5, 0.6) is 0 Å². The average molecular weight is 482 g/mol. The van der Waals surface area contributed by atoms with Crippen molar-refractivity contribution in [2.75, 3.05) is 11.9 Å². The van der Waals surface area contributed by atoms with Crippen LogP contribution in [-0.2, 0) is 6.42 Å². The molecule has 172 valence electrons. The van der Waals surface area contributed by atoms with Crippen LogP contribution in [0.4, 0.5) is 14.5 Å². The molecule has 0 fully saturated rings. The molecule has 0 saturated heterocycles. The molecule has 4 rings (SSSR count). The summed E-state index contributed by atoms with van der Waals surface area (Å²) in [5.41, 5.74) is 1.29. The smallest absolute Gasteiger partial charge is 0.283 e. The van der Waals surface area contributed by atoms with E-state index >= 15 is 0 Å². The molecule has 1 aromatic carbocycles. The van der Waals surface area contributed by atoms with Crippen LogP contribution in [0, 0.1) is 18.3 Å². The Morgan fingerprint density at radius 2 is 2.24 bits per heavy atom. The first-order chi connectivity index (χ1) is 16.4. The highest BCUT2D eigenvalue weighted by atomic mass is 35.5. The predicted octanol–water partition coefficient (Wildman–Crippen LogP) is 3.73. The van der Waals surface area contributed by atoms with Gasteiger partial charge in [-0.05, 0) is 36.9 Å². The number of nitriles is 1. The van der Waals surface area contributed by atoms with E-state index in [1.54, 1.807) is 43.5 Å². The Morgan fingerprint density at radius 3 is 2.91 bits per heavy atom. The molecular formula is C23H18ClF2N7O. The van der Waals surface area contributed by atoms with Gasteiger partial charge in [0.1, 0.15) is 23.1 Å². The first-order valence-electron chi connectivity index (χ1n) is 10.1. The topological polar surface area (TPSA) is 104 Å². The molecule has 0 unspecified atom stereocenters.